The molecule has 0 saturated carbocycles. The number of ether oxygens (including phenoxy) is 2. The Morgan fingerprint density at radius 1 is 0.702 bits per heavy atom. The van der Waals surface area contributed by atoms with E-state index in [4.69, 9.17) is 55.9 Å². The van der Waals surface area contributed by atoms with Crippen molar-refractivity contribution < 1.29 is 38.8 Å². The Balaban J connectivity index is 0.000000261. The molecule has 0 atom stereocenters. The molecule has 0 unspecified atom stereocenters. The topological polar surface area (TPSA) is 176 Å². The summed E-state index contributed by atoms with van der Waals surface area (Å²) in [6, 6.07) is 16.3. The zero-order chi connectivity index (χ0) is 34.8. The Labute approximate surface area is 286 Å². The van der Waals surface area contributed by atoms with Gasteiger partial charge in [-0.1, -0.05) is 58.5 Å². The second kappa shape index (κ2) is 16.7. The molecule has 244 valence electrons. The Morgan fingerprint density at radius 3 is 1.64 bits per heavy atom. The van der Waals surface area contributed by atoms with Crippen molar-refractivity contribution in [3.05, 3.63) is 135 Å². The first-order chi connectivity index (χ1) is 22.2. The maximum atomic E-state index is 12.6. The van der Waals surface area contributed by atoms with Crippen molar-refractivity contribution in [2.75, 3.05) is 6.79 Å². The standard InChI is InChI=1S/C17H13Cl2NO6.C14H9Cl2NO4/c1-10(21)25-9-26-17-5-3-12(18)7-14(17)16(22)6-11-2-4-13(20(23)24)8-15(11)19;15-9-2-4-13(18)11(6-9)14(19)5-8-1-3-10(17(20)21)7-12(8)16/h2-5,7-8H,6,9H2,1H3;1-4,6-7,18H,5H2. The van der Waals surface area contributed by atoms with Crippen molar-refractivity contribution in [2.45, 2.75) is 19.8 Å². The van der Waals surface area contributed by atoms with Crippen LogP contribution in [0, 0.1) is 20.2 Å². The molecular formula is C31H22Cl4N2O10. The Morgan fingerprint density at radius 2 is 1.17 bits per heavy atom. The summed E-state index contributed by atoms with van der Waals surface area (Å²) in [6.07, 6.45) is -0.203. The number of ketones is 2. The van der Waals surface area contributed by atoms with Gasteiger partial charge in [0.15, 0.2) is 11.6 Å². The first-order valence-corrected chi connectivity index (χ1v) is 14.6. The van der Waals surface area contributed by atoms with Crippen LogP contribution in [0.3, 0.4) is 0 Å². The maximum Gasteiger partial charge on any atom is 0.305 e. The number of nitro groups is 2. The van der Waals surface area contributed by atoms with Crippen molar-refractivity contribution in [3.8, 4) is 11.5 Å². The number of halogens is 4. The molecule has 0 heterocycles. The second-order valence-electron chi connectivity index (χ2n) is 9.47. The third-order valence-corrected chi connectivity index (χ3v) is 7.35. The number of carbonyl (C=O) groups is 3. The molecule has 1 N–H and O–H groups in total. The first kappa shape index (κ1) is 36.7. The van der Waals surface area contributed by atoms with Crippen molar-refractivity contribution in [1.82, 2.24) is 0 Å². The Kier molecular flexibility index (Phi) is 13.0. The van der Waals surface area contributed by atoms with E-state index in [0.717, 1.165) is 0 Å². The van der Waals surface area contributed by atoms with Crippen LogP contribution in [0.4, 0.5) is 11.4 Å². The van der Waals surface area contributed by atoms with Crippen LogP contribution in [0.25, 0.3) is 0 Å². The summed E-state index contributed by atoms with van der Waals surface area (Å²) in [5, 5.41) is 31.9. The molecule has 16 heteroatoms. The Bertz CT molecular complexity index is 1870. The van der Waals surface area contributed by atoms with Crippen LogP contribution in [-0.4, -0.2) is 39.3 Å². The number of aromatic hydroxyl groups is 1. The lowest BCUT2D eigenvalue weighted by atomic mass is 10.0. The largest absolute Gasteiger partial charge is 0.507 e. The highest BCUT2D eigenvalue weighted by atomic mass is 35.5. The molecule has 47 heavy (non-hydrogen) atoms. The van der Waals surface area contributed by atoms with Gasteiger partial charge in [0, 0.05) is 54.1 Å². The maximum absolute atomic E-state index is 12.6. The average Bonchev–Trinajstić information content (AvgIpc) is 3.00. The molecule has 4 aromatic carbocycles. The molecule has 0 fully saturated rings. The van der Waals surface area contributed by atoms with Crippen molar-refractivity contribution in [3.63, 3.8) is 0 Å². The van der Waals surface area contributed by atoms with E-state index in [-0.39, 0.29) is 75.2 Å². The van der Waals surface area contributed by atoms with E-state index >= 15 is 0 Å². The van der Waals surface area contributed by atoms with Crippen LogP contribution in [0.1, 0.15) is 38.8 Å². The lowest BCUT2D eigenvalue weighted by Crippen LogP contribution is -2.11. The molecule has 12 nitrogen and oxygen atoms in total. The highest BCUT2D eigenvalue weighted by molar-refractivity contribution is 6.33. The number of non-ortho nitro benzene ring substituents is 2. The molecule has 0 amide bonds. The van der Waals surface area contributed by atoms with Crippen LogP contribution in [0.15, 0.2) is 72.8 Å². The summed E-state index contributed by atoms with van der Waals surface area (Å²) >= 11 is 23.7. The van der Waals surface area contributed by atoms with Crippen LogP contribution >= 0.6 is 46.4 Å². The molecule has 0 saturated heterocycles. The normalized spacial score (nSPS) is 10.3. The quantitative estimate of drug-likeness (QED) is 0.0521. The van der Waals surface area contributed by atoms with E-state index in [1.807, 2.05) is 0 Å². The number of rotatable bonds is 11. The summed E-state index contributed by atoms with van der Waals surface area (Å²) in [4.78, 5) is 55.8. The molecule has 4 rings (SSSR count). The third kappa shape index (κ3) is 10.6. The molecule has 0 radical (unpaired) electrons. The lowest BCUT2D eigenvalue weighted by Gasteiger charge is -2.11. The van der Waals surface area contributed by atoms with E-state index in [2.05, 4.69) is 0 Å². The van der Waals surface area contributed by atoms with Crippen LogP contribution < -0.4 is 4.74 Å². The summed E-state index contributed by atoms with van der Waals surface area (Å²) in [5.41, 5.74) is 0.803. The zero-order valence-corrected chi connectivity index (χ0v) is 27.1. The van der Waals surface area contributed by atoms with E-state index in [1.165, 1.54) is 79.7 Å². The average molecular weight is 724 g/mol. The first-order valence-electron chi connectivity index (χ1n) is 13.1. The van der Waals surface area contributed by atoms with Gasteiger partial charge in [-0.15, -0.1) is 0 Å². The van der Waals surface area contributed by atoms with Crippen LogP contribution in [0.5, 0.6) is 11.5 Å². The number of hydrogen-bond acceptors (Lipinski definition) is 10. The summed E-state index contributed by atoms with van der Waals surface area (Å²) in [7, 11) is 0. The summed E-state index contributed by atoms with van der Waals surface area (Å²) in [6.45, 7) is 0.878. The smallest absolute Gasteiger partial charge is 0.305 e. The number of Topliss-reactive ketones (excluding diaryl/α,β-unsaturated/α-hetero) is 2. The van der Waals surface area contributed by atoms with E-state index < -0.39 is 15.8 Å². The third-order valence-electron chi connectivity index (χ3n) is 6.17. The molecule has 0 aliphatic rings. The van der Waals surface area contributed by atoms with Crippen LogP contribution in [0.2, 0.25) is 20.1 Å². The van der Waals surface area contributed by atoms with Crippen molar-refractivity contribution in [2.24, 2.45) is 0 Å². The number of phenols is 1. The number of benzene rings is 4. The van der Waals surface area contributed by atoms with E-state index in [1.54, 1.807) is 0 Å². The molecule has 0 aliphatic heterocycles. The van der Waals surface area contributed by atoms with Crippen molar-refractivity contribution >= 4 is 75.3 Å². The molecule has 4 aromatic rings. The van der Waals surface area contributed by atoms with Gasteiger partial charge in [0.05, 0.1) is 31.0 Å². The fourth-order valence-corrected chi connectivity index (χ4v) is 4.70. The number of carbonyl (C=O) groups excluding carboxylic acids is 3. The van der Waals surface area contributed by atoms with Gasteiger partial charge in [-0.05, 0) is 47.5 Å². The number of nitro benzene ring substituents is 2. The number of nitrogens with zero attached hydrogens (tertiary/aromatic N) is 2. The Hall–Kier alpha value is -4.75. The van der Waals surface area contributed by atoms with Crippen LogP contribution in [-0.2, 0) is 22.4 Å². The predicted octanol–water partition coefficient (Wildman–Crippen LogP) is 8.26. The van der Waals surface area contributed by atoms with Gasteiger partial charge < -0.3 is 14.6 Å². The fraction of sp³-hybridized carbons (Fsp3) is 0.129. The SMILES string of the molecule is CC(=O)OCOc1ccc(Cl)cc1C(=O)Cc1ccc([N+](=O)[O-])cc1Cl.O=C(Cc1ccc([N+](=O)[O-])cc1Cl)c1cc(Cl)ccc1O. The second-order valence-corrected chi connectivity index (χ2v) is 11.2. The minimum atomic E-state index is -0.574. The predicted molar refractivity (Wildman–Crippen MR) is 174 cm³/mol. The highest BCUT2D eigenvalue weighted by Gasteiger charge is 2.18. The highest BCUT2D eigenvalue weighted by Crippen LogP contribution is 2.29. The van der Waals surface area contributed by atoms with Gasteiger partial charge in [0.2, 0.25) is 6.79 Å². The zero-order valence-electron chi connectivity index (χ0n) is 24.1. The van der Waals surface area contributed by atoms with Gasteiger partial charge >= 0.3 is 5.97 Å². The minimum Gasteiger partial charge on any atom is -0.507 e. The lowest BCUT2D eigenvalue weighted by molar-refractivity contribution is -0.385. The fourth-order valence-electron chi connectivity index (χ4n) is 3.88. The van der Waals surface area contributed by atoms with Gasteiger partial charge in [0.1, 0.15) is 11.5 Å². The molecule has 0 bridgehead atoms. The van der Waals surface area contributed by atoms with Gasteiger partial charge in [-0.25, -0.2) is 0 Å². The molecule has 0 aromatic heterocycles. The molecule has 0 spiro atoms. The van der Waals surface area contributed by atoms with E-state index in [9.17, 15) is 39.7 Å². The number of esters is 1. The monoisotopic (exact) mass is 722 g/mol. The molecule has 0 aliphatic carbocycles. The summed E-state index contributed by atoms with van der Waals surface area (Å²) in [5.74, 6) is -1.25. The van der Waals surface area contributed by atoms with Gasteiger partial charge in [0.25, 0.3) is 11.4 Å². The summed E-state index contributed by atoms with van der Waals surface area (Å²) < 4.78 is 9.99. The number of phenolic OH excluding ortho intramolecular Hbond substituents is 1. The van der Waals surface area contributed by atoms with Crippen molar-refractivity contribution in [1.29, 1.82) is 0 Å². The van der Waals surface area contributed by atoms with Gasteiger partial charge in [-0.3, -0.25) is 34.6 Å². The molecular weight excluding hydrogens is 702 g/mol. The van der Waals surface area contributed by atoms with E-state index in [0.29, 0.717) is 21.2 Å². The van der Waals surface area contributed by atoms with Gasteiger partial charge in [-0.2, -0.15) is 0 Å². The minimum absolute atomic E-state index is 0.0805. The number of hydrogen-bond donors (Lipinski definition) is 1.